The fourth-order valence-corrected chi connectivity index (χ4v) is 5.82. The lowest BCUT2D eigenvalue weighted by Crippen LogP contribution is -2.40. The van der Waals surface area contributed by atoms with Crippen LogP contribution in [0.3, 0.4) is 0 Å². The van der Waals surface area contributed by atoms with Gasteiger partial charge < -0.3 is 9.64 Å². The number of carbonyl (C=O) groups excluding carboxylic acids is 2. The van der Waals surface area contributed by atoms with Crippen molar-refractivity contribution in [1.29, 1.82) is 0 Å². The largest absolute Gasteiger partial charge is 0.380 e. The van der Waals surface area contributed by atoms with Crippen LogP contribution < -0.4 is 10.3 Å². The average molecular weight is 508 g/mol. The predicted octanol–water partition coefficient (Wildman–Crippen LogP) is 4.69. The molecule has 2 aliphatic heterocycles. The molecule has 0 saturated carbocycles. The van der Waals surface area contributed by atoms with E-state index in [1.54, 1.807) is 13.2 Å². The molecule has 35 heavy (non-hydrogen) atoms. The third-order valence-corrected chi connectivity index (χ3v) is 8.14. The van der Waals surface area contributed by atoms with Gasteiger partial charge in [-0.2, -0.15) is 0 Å². The molecule has 2 saturated heterocycles. The topological polar surface area (TPSA) is 61.9 Å². The number of hydrogen-bond donors (Lipinski definition) is 1. The van der Waals surface area contributed by atoms with Crippen molar-refractivity contribution in [3.8, 4) is 0 Å². The molecule has 2 amide bonds. The molecule has 3 aromatic carbocycles. The van der Waals surface area contributed by atoms with Gasteiger partial charge in [-0.3, -0.25) is 15.0 Å². The summed E-state index contributed by atoms with van der Waals surface area (Å²) < 4.78 is 5.50. The summed E-state index contributed by atoms with van der Waals surface area (Å²) in [6, 6.07) is 24.7. The van der Waals surface area contributed by atoms with Gasteiger partial charge in [0.1, 0.15) is 6.04 Å². The quantitative estimate of drug-likeness (QED) is 0.470. The first kappa shape index (κ1) is 23.7. The first-order valence-corrected chi connectivity index (χ1v) is 12.8. The summed E-state index contributed by atoms with van der Waals surface area (Å²) in [4.78, 5) is 29.4. The molecule has 0 aromatic heterocycles. The minimum atomic E-state index is -0.907. The Hall–Kier alpha value is -3.00. The molecule has 6 nitrogen and oxygen atoms in total. The number of thioether (sulfide) groups is 1. The summed E-state index contributed by atoms with van der Waals surface area (Å²) in [7, 11) is 1.75. The molecule has 2 fully saturated rings. The maximum absolute atomic E-state index is 13.5. The van der Waals surface area contributed by atoms with Crippen LogP contribution in [0.25, 0.3) is 0 Å². The Bertz CT molecular complexity index is 1210. The Morgan fingerprint density at radius 2 is 1.66 bits per heavy atom. The van der Waals surface area contributed by atoms with Crippen molar-refractivity contribution in [2.24, 2.45) is 0 Å². The van der Waals surface area contributed by atoms with Crippen LogP contribution >= 0.6 is 23.4 Å². The summed E-state index contributed by atoms with van der Waals surface area (Å²) in [6.07, 6.45) is 1.25. The summed E-state index contributed by atoms with van der Waals surface area (Å²) in [5.74, 6) is -0.638. The zero-order valence-electron chi connectivity index (χ0n) is 19.3. The molecule has 0 aliphatic carbocycles. The van der Waals surface area contributed by atoms with Crippen LogP contribution in [-0.2, 0) is 14.3 Å². The smallest absolute Gasteiger partial charge is 0.265 e. The number of benzene rings is 3. The standard InChI is InChI=1S/C27H26ClN3O3S/c1-34-21-15-16-30(17-21)20-13-11-19(12-14-20)24(18-7-3-2-4-8-18)31-27(33)25(26(32)29-31)35-23-10-6-5-9-22(23)28/h2-14,21,24-25H,15-17H2,1H3,(H,29,32)/t21-,24?,25?/m1/s1. The minimum absolute atomic E-state index is 0.247. The average Bonchev–Trinajstić information content (AvgIpc) is 3.47. The first-order chi connectivity index (χ1) is 17.0. The lowest BCUT2D eigenvalue weighted by atomic mass is 9.97. The first-order valence-electron chi connectivity index (χ1n) is 11.5. The van der Waals surface area contributed by atoms with E-state index < -0.39 is 11.3 Å². The highest BCUT2D eigenvalue weighted by Crippen LogP contribution is 2.37. The SMILES string of the molecule is CO[C@@H]1CCN(c2ccc(C(c3ccccc3)N3NC(=O)C(Sc4ccccc4Cl)C3=O)cc2)C1. The molecule has 5 rings (SSSR count). The fourth-order valence-electron chi connectivity index (χ4n) is 4.58. The molecule has 0 spiro atoms. The molecular weight excluding hydrogens is 482 g/mol. The molecule has 3 atom stereocenters. The van der Waals surface area contributed by atoms with E-state index in [-0.39, 0.29) is 17.9 Å². The number of hydrogen-bond acceptors (Lipinski definition) is 5. The number of amides is 2. The second kappa shape index (κ2) is 10.3. The summed E-state index contributed by atoms with van der Waals surface area (Å²) in [5.41, 5.74) is 5.77. The van der Waals surface area contributed by atoms with Crippen molar-refractivity contribution >= 4 is 40.9 Å². The fraction of sp³-hybridized carbons (Fsp3) is 0.259. The maximum Gasteiger partial charge on any atom is 0.265 e. The second-order valence-electron chi connectivity index (χ2n) is 8.61. The predicted molar refractivity (Wildman–Crippen MR) is 138 cm³/mol. The molecule has 0 radical (unpaired) electrons. The molecule has 3 aromatic rings. The van der Waals surface area contributed by atoms with Crippen molar-refractivity contribution < 1.29 is 14.3 Å². The Labute approximate surface area is 214 Å². The number of anilines is 1. The van der Waals surface area contributed by atoms with E-state index in [2.05, 4.69) is 22.5 Å². The number of halogens is 1. The highest BCUT2D eigenvalue weighted by molar-refractivity contribution is 8.01. The Morgan fingerprint density at radius 1 is 0.971 bits per heavy atom. The Balaban J connectivity index is 1.43. The normalized spacial score (nSPS) is 20.9. The highest BCUT2D eigenvalue weighted by Gasteiger charge is 2.44. The lowest BCUT2D eigenvalue weighted by molar-refractivity contribution is -0.131. The van der Waals surface area contributed by atoms with Crippen LogP contribution in [0.15, 0.2) is 83.8 Å². The number of carbonyl (C=O) groups is 2. The molecular formula is C27H26ClN3O3S. The zero-order valence-corrected chi connectivity index (χ0v) is 20.8. The van der Waals surface area contributed by atoms with E-state index >= 15 is 0 Å². The molecule has 1 N–H and O–H groups in total. The molecule has 180 valence electrons. The van der Waals surface area contributed by atoms with Crippen molar-refractivity contribution in [3.05, 3.63) is 95.0 Å². The van der Waals surface area contributed by atoms with Gasteiger partial charge in [-0.15, -0.1) is 11.8 Å². The van der Waals surface area contributed by atoms with Gasteiger partial charge in [0, 0.05) is 30.8 Å². The minimum Gasteiger partial charge on any atom is -0.380 e. The van der Waals surface area contributed by atoms with E-state index in [0.29, 0.717) is 9.92 Å². The summed E-state index contributed by atoms with van der Waals surface area (Å²) >= 11 is 7.46. The van der Waals surface area contributed by atoms with Crippen LogP contribution in [0.4, 0.5) is 5.69 Å². The zero-order chi connectivity index (χ0) is 24.4. The number of ether oxygens (including phenoxy) is 1. The summed E-state index contributed by atoms with van der Waals surface area (Å²) in [6.45, 7) is 1.81. The van der Waals surface area contributed by atoms with Crippen molar-refractivity contribution in [1.82, 2.24) is 10.4 Å². The van der Waals surface area contributed by atoms with Crippen LogP contribution in [0.5, 0.6) is 0 Å². The van der Waals surface area contributed by atoms with Crippen LogP contribution in [0.1, 0.15) is 23.6 Å². The van der Waals surface area contributed by atoms with Crippen LogP contribution in [-0.4, -0.2) is 48.4 Å². The van der Waals surface area contributed by atoms with Crippen molar-refractivity contribution in [2.75, 3.05) is 25.1 Å². The second-order valence-corrected chi connectivity index (χ2v) is 10.2. The Kier molecular flexibility index (Phi) is 7.00. The molecule has 2 aliphatic rings. The van der Waals surface area contributed by atoms with Crippen LogP contribution in [0, 0.1) is 0 Å². The van der Waals surface area contributed by atoms with Crippen molar-refractivity contribution in [3.63, 3.8) is 0 Å². The molecule has 2 heterocycles. The number of hydrazine groups is 1. The van der Waals surface area contributed by atoms with E-state index in [1.807, 2.05) is 60.7 Å². The van der Waals surface area contributed by atoms with Gasteiger partial charge in [0.15, 0.2) is 5.25 Å². The van der Waals surface area contributed by atoms with E-state index in [1.165, 1.54) is 16.8 Å². The number of rotatable bonds is 7. The Morgan fingerprint density at radius 3 is 2.34 bits per heavy atom. The molecule has 2 unspecified atom stereocenters. The maximum atomic E-state index is 13.5. The third-order valence-electron chi connectivity index (χ3n) is 6.44. The number of nitrogens with zero attached hydrogens (tertiary/aromatic N) is 2. The third kappa shape index (κ3) is 4.89. The van der Waals surface area contributed by atoms with Gasteiger partial charge in [0.25, 0.3) is 11.8 Å². The van der Waals surface area contributed by atoms with Gasteiger partial charge in [0.05, 0.1) is 11.1 Å². The molecule has 0 bridgehead atoms. The monoisotopic (exact) mass is 507 g/mol. The van der Waals surface area contributed by atoms with E-state index in [9.17, 15) is 9.59 Å². The van der Waals surface area contributed by atoms with Gasteiger partial charge in [-0.1, -0.05) is 66.2 Å². The van der Waals surface area contributed by atoms with Crippen molar-refractivity contribution in [2.45, 2.75) is 28.7 Å². The van der Waals surface area contributed by atoms with E-state index in [0.717, 1.165) is 36.3 Å². The van der Waals surface area contributed by atoms with E-state index in [4.69, 9.17) is 16.3 Å². The van der Waals surface area contributed by atoms with Gasteiger partial charge in [-0.25, -0.2) is 5.01 Å². The van der Waals surface area contributed by atoms with Gasteiger partial charge in [-0.05, 0) is 41.8 Å². The summed E-state index contributed by atoms with van der Waals surface area (Å²) in [5, 5.41) is 1.07. The number of methoxy groups -OCH3 is 1. The molecule has 8 heteroatoms. The van der Waals surface area contributed by atoms with Crippen LogP contribution in [0.2, 0.25) is 5.02 Å². The van der Waals surface area contributed by atoms with Gasteiger partial charge >= 0.3 is 0 Å². The highest BCUT2D eigenvalue weighted by atomic mass is 35.5. The lowest BCUT2D eigenvalue weighted by Gasteiger charge is -2.28. The van der Waals surface area contributed by atoms with Gasteiger partial charge in [0.2, 0.25) is 0 Å². The number of nitrogens with one attached hydrogen (secondary N) is 1.